The van der Waals surface area contributed by atoms with Crippen LogP contribution in [0.4, 0.5) is 6.01 Å². The summed E-state index contributed by atoms with van der Waals surface area (Å²) >= 11 is 0. The lowest BCUT2D eigenvalue weighted by Crippen LogP contribution is -2.24. The second-order valence-electron chi connectivity index (χ2n) is 4.36. The highest BCUT2D eigenvalue weighted by atomic mass is 16.5. The number of ether oxygens (including phenoxy) is 1. The number of hydrogen-bond donors (Lipinski definition) is 2. The summed E-state index contributed by atoms with van der Waals surface area (Å²) < 4.78 is 10.6. The van der Waals surface area contributed by atoms with Gasteiger partial charge in [0.15, 0.2) is 0 Å². The first-order valence-corrected chi connectivity index (χ1v) is 6.13. The molecule has 96 valence electrons. The molecule has 1 aromatic rings. The fourth-order valence-electron chi connectivity index (χ4n) is 1.54. The Labute approximate surface area is 101 Å². The number of anilines is 1. The molecule has 0 amide bonds. The molecule has 0 saturated heterocycles. The number of nitrogens with one attached hydrogen (secondary N) is 2. The zero-order valence-electron chi connectivity index (χ0n) is 10.4. The minimum atomic E-state index is 0.213. The molecular formula is C11H20N4O2. The van der Waals surface area contributed by atoms with Crippen molar-refractivity contribution >= 4 is 6.01 Å². The van der Waals surface area contributed by atoms with E-state index in [0.717, 1.165) is 6.42 Å². The Morgan fingerprint density at radius 1 is 1.47 bits per heavy atom. The number of nitrogens with zero attached hydrogens (tertiary/aromatic N) is 2. The molecule has 0 spiro atoms. The Bertz CT molecular complexity index is 338. The largest absolute Gasteiger partial charge is 0.407 e. The van der Waals surface area contributed by atoms with E-state index in [9.17, 15) is 0 Å². The maximum absolute atomic E-state index is 5.49. The van der Waals surface area contributed by atoms with Crippen molar-refractivity contribution in [2.75, 3.05) is 19.0 Å². The zero-order valence-corrected chi connectivity index (χ0v) is 10.4. The Morgan fingerprint density at radius 3 is 2.94 bits per heavy atom. The second kappa shape index (κ2) is 5.97. The van der Waals surface area contributed by atoms with E-state index in [2.05, 4.69) is 27.8 Å². The van der Waals surface area contributed by atoms with Gasteiger partial charge in [-0.25, -0.2) is 0 Å². The van der Waals surface area contributed by atoms with Gasteiger partial charge in [0.2, 0.25) is 5.89 Å². The lowest BCUT2D eigenvalue weighted by atomic mass is 10.2. The number of hydrogen-bond acceptors (Lipinski definition) is 6. The first-order chi connectivity index (χ1) is 8.31. The predicted molar refractivity (Wildman–Crippen MR) is 63.7 cm³/mol. The molecule has 1 heterocycles. The molecule has 0 aliphatic heterocycles. The third-order valence-electron chi connectivity index (χ3n) is 2.77. The van der Waals surface area contributed by atoms with Gasteiger partial charge in [0.25, 0.3) is 0 Å². The van der Waals surface area contributed by atoms with E-state index in [1.165, 1.54) is 12.8 Å². The SMILES string of the molecule is CCC(COC)Nc1nnc(CNC2CC2)o1. The van der Waals surface area contributed by atoms with Gasteiger partial charge in [-0.3, -0.25) is 0 Å². The van der Waals surface area contributed by atoms with E-state index < -0.39 is 0 Å². The number of aromatic nitrogens is 2. The van der Waals surface area contributed by atoms with Gasteiger partial charge >= 0.3 is 6.01 Å². The minimum Gasteiger partial charge on any atom is -0.407 e. The fraction of sp³-hybridized carbons (Fsp3) is 0.818. The number of methoxy groups -OCH3 is 1. The maximum Gasteiger partial charge on any atom is 0.315 e. The van der Waals surface area contributed by atoms with Crippen molar-refractivity contribution in [2.45, 2.75) is 44.8 Å². The van der Waals surface area contributed by atoms with Gasteiger partial charge in [-0.2, -0.15) is 0 Å². The summed E-state index contributed by atoms with van der Waals surface area (Å²) in [4.78, 5) is 0. The second-order valence-corrected chi connectivity index (χ2v) is 4.36. The van der Waals surface area contributed by atoms with Crippen molar-refractivity contribution in [3.05, 3.63) is 5.89 Å². The highest BCUT2D eigenvalue weighted by Gasteiger charge is 2.21. The first-order valence-electron chi connectivity index (χ1n) is 6.13. The quantitative estimate of drug-likeness (QED) is 0.710. The molecule has 2 rings (SSSR count). The Kier molecular flexibility index (Phi) is 4.33. The van der Waals surface area contributed by atoms with Crippen LogP contribution in [-0.4, -0.2) is 36.0 Å². The van der Waals surface area contributed by atoms with Crippen LogP contribution in [0.3, 0.4) is 0 Å². The molecule has 0 bridgehead atoms. The summed E-state index contributed by atoms with van der Waals surface area (Å²) in [6.45, 7) is 3.37. The molecule has 1 unspecified atom stereocenters. The van der Waals surface area contributed by atoms with Gasteiger partial charge in [-0.15, -0.1) is 5.10 Å². The molecule has 1 atom stereocenters. The summed E-state index contributed by atoms with van der Waals surface area (Å²) in [5.74, 6) is 0.631. The summed E-state index contributed by atoms with van der Waals surface area (Å²) in [5.41, 5.74) is 0. The Hall–Kier alpha value is -1.14. The van der Waals surface area contributed by atoms with E-state index in [1.807, 2.05) is 0 Å². The summed E-state index contributed by atoms with van der Waals surface area (Å²) in [5, 5.41) is 14.4. The molecule has 6 nitrogen and oxygen atoms in total. The predicted octanol–water partition coefficient (Wildman–Crippen LogP) is 1.16. The smallest absolute Gasteiger partial charge is 0.315 e. The lowest BCUT2D eigenvalue weighted by molar-refractivity contribution is 0.183. The van der Waals surface area contributed by atoms with E-state index in [1.54, 1.807) is 7.11 Å². The van der Waals surface area contributed by atoms with Crippen LogP contribution in [0.1, 0.15) is 32.1 Å². The molecule has 6 heteroatoms. The molecule has 1 fully saturated rings. The standard InChI is InChI=1S/C11H20N4O2/c1-3-8(7-16-2)13-11-15-14-10(17-11)6-12-9-4-5-9/h8-9,12H,3-7H2,1-2H3,(H,13,15). The van der Waals surface area contributed by atoms with Gasteiger partial charge in [-0.05, 0) is 19.3 Å². The van der Waals surface area contributed by atoms with E-state index >= 15 is 0 Å². The summed E-state index contributed by atoms with van der Waals surface area (Å²) in [6.07, 6.45) is 3.46. The van der Waals surface area contributed by atoms with Crippen LogP contribution in [0, 0.1) is 0 Å². The van der Waals surface area contributed by atoms with Gasteiger partial charge in [0.1, 0.15) is 0 Å². The fourth-order valence-corrected chi connectivity index (χ4v) is 1.54. The average molecular weight is 240 g/mol. The van der Waals surface area contributed by atoms with Crippen LogP contribution >= 0.6 is 0 Å². The highest BCUT2D eigenvalue weighted by Crippen LogP contribution is 2.19. The van der Waals surface area contributed by atoms with Crippen LogP contribution in [0.25, 0.3) is 0 Å². The van der Waals surface area contributed by atoms with Gasteiger partial charge in [0, 0.05) is 13.2 Å². The molecular weight excluding hydrogens is 220 g/mol. The van der Waals surface area contributed by atoms with Crippen molar-refractivity contribution in [3.8, 4) is 0 Å². The van der Waals surface area contributed by atoms with Crippen molar-refractivity contribution in [2.24, 2.45) is 0 Å². The van der Waals surface area contributed by atoms with Crippen molar-refractivity contribution in [1.29, 1.82) is 0 Å². The van der Waals surface area contributed by atoms with Crippen LogP contribution in [0.2, 0.25) is 0 Å². The van der Waals surface area contributed by atoms with E-state index in [4.69, 9.17) is 9.15 Å². The van der Waals surface area contributed by atoms with Gasteiger partial charge in [0.05, 0.1) is 19.2 Å². The van der Waals surface area contributed by atoms with Crippen molar-refractivity contribution < 1.29 is 9.15 Å². The van der Waals surface area contributed by atoms with Gasteiger partial charge < -0.3 is 19.8 Å². The molecule has 1 saturated carbocycles. The summed E-state index contributed by atoms with van der Waals surface area (Å²) in [6, 6.07) is 1.33. The van der Waals surface area contributed by atoms with E-state index in [-0.39, 0.29) is 6.04 Å². The van der Waals surface area contributed by atoms with Crippen molar-refractivity contribution in [1.82, 2.24) is 15.5 Å². The average Bonchev–Trinajstić information content (AvgIpc) is 3.06. The Morgan fingerprint density at radius 2 is 2.29 bits per heavy atom. The maximum atomic E-state index is 5.49. The summed E-state index contributed by atoms with van der Waals surface area (Å²) in [7, 11) is 1.68. The topological polar surface area (TPSA) is 72.2 Å². The molecule has 0 radical (unpaired) electrons. The van der Waals surface area contributed by atoms with Crippen LogP contribution in [0.15, 0.2) is 4.42 Å². The van der Waals surface area contributed by atoms with Crippen molar-refractivity contribution in [3.63, 3.8) is 0 Å². The molecule has 17 heavy (non-hydrogen) atoms. The van der Waals surface area contributed by atoms with Crippen LogP contribution in [0.5, 0.6) is 0 Å². The molecule has 1 aliphatic rings. The van der Waals surface area contributed by atoms with Crippen LogP contribution in [-0.2, 0) is 11.3 Å². The Balaban J connectivity index is 1.79. The molecule has 1 aliphatic carbocycles. The van der Waals surface area contributed by atoms with E-state index in [0.29, 0.717) is 31.1 Å². The highest BCUT2D eigenvalue weighted by molar-refractivity contribution is 5.19. The molecule has 2 N–H and O–H groups in total. The monoisotopic (exact) mass is 240 g/mol. The van der Waals surface area contributed by atoms with Gasteiger partial charge in [-0.1, -0.05) is 12.0 Å². The number of rotatable bonds is 8. The normalized spacial score (nSPS) is 17.1. The first kappa shape index (κ1) is 12.3. The third-order valence-corrected chi connectivity index (χ3v) is 2.77. The third kappa shape index (κ3) is 3.98. The zero-order chi connectivity index (χ0) is 12.1. The lowest BCUT2D eigenvalue weighted by Gasteiger charge is -2.13. The minimum absolute atomic E-state index is 0.213. The van der Waals surface area contributed by atoms with Crippen LogP contribution < -0.4 is 10.6 Å². The molecule has 1 aromatic heterocycles. The molecule has 0 aromatic carbocycles.